The van der Waals surface area contributed by atoms with Crippen LogP contribution in [0.15, 0.2) is 18.2 Å². The summed E-state index contributed by atoms with van der Waals surface area (Å²) < 4.78 is 0. The van der Waals surface area contributed by atoms with Gasteiger partial charge in [0.1, 0.15) is 5.69 Å². The number of hydrogen-bond acceptors (Lipinski definition) is 2. The van der Waals surface area contributed by atoms with Gasteiger partial charge in [-0.3, -0.25) is 4.79 Å². The number of fused-ring (bicyclic) bond motifs is 1. The van der Waals surface area contributed by atoms with E-state index in [9.17, 15) is 4.79 Å². The highest BCUT2D eigenvalue weighted by Crippen LogP contribution is 2.25. The molecule has 2 heterocycles. The Bertz CT molecular complexity index is 624. The Morgan fingerprint density at radius 2 is 1.95 bits per heavy atom. The van der Waals surface area contributed by atoms with Crippen molar-refractivity contribution in [1.29, 1.82) is 0 Å². The number of nitrogens with zero attached hydrogens (tertiary/aromatic N) is 1. The lowest BCUT2D eigenvalue weighted by molar-refractivity contribution is 0.0730. The Kier molecular flexibility index (Phi) is 3.03. The number of nitrogens with one attached hydrogen (secondary N) is 2. The second-order valence-electron chi connectivity index (χ2n) is 5.16. The lowest BCUT2D eigenvalue weighted by Crippen LogP contribution is -2.46. The molecule has 19 heavy (non-hydrogen) atoms. The largest absolute Gasteiger partial charge is 0.350 e. The Hall–Kier alpha value is -1.81. The van der Waals surface area contributed by atoms with Crippen molar-refractivity contribution in [3.8, 4) is 0 Å². The van der Waals surface area contributed by atoms with E-state index in [1.165, 1.54) is 5.56 Å². The molecule has 3 rings (SSSR count). The first-order chi connectivity index (χ1) is 9.18. The summed E-state index contributed by atoms with van der Waals surface area (Å²) in [7, 11) is 0. The predicted molar refractivity (Wildman–Crippen MR) is 76.5 cm³/mol. The zero-order valence-electron chi connectivity index (χ0n) is 11.4. The van der Waals surface area contributed by atoms with Crippen LogP contribution in [0.4, 0.5) is 0 Å². The molecule has 0 radical (unpaired) electrons. The number of benzene rings is 1. The van der Waals surface area contributed by atoms with Crippen LogP contribution in [0.5, 0.6) is 0 Å². The van der Waals surface area contributed by atoms with Gasteiger partial charge in [-0.15, -0.1) is 0 Å². The number of H-pyrrole nitrogens is 1. The van der Waals surface area contributed by atoms with Gasteiger partial charge < -0.3 is 15.2 Å². The van der Waals surface area contributed by atoms with Crippen LogP contribution in [0.1, 0.15) is 21.6 Å². The fourth-order valence-electron chi connectivity index (χ4n) is 2.74. The van der Waals surface area contributed by atoms with E-state index in [1.807, 2.05) is 17.9 Å². The van der Waals surface area contributed by atoms with Gasteiger partial charge in [0.05, 0.1) is 0 Å². The smallest absolute Gasteiger partial charge is 0.270 e. The molecule has 1 aromatic heterocycles. The number of rotatable bonds is 1. The molecule has 0 spiro atoms. The van der Waals surface area contributed by atoms with Crippen molar-refractivity contribution in [2.45, 2.75) is 13.8 Å². The number of carbonyl (C=O) groups excluding carboxylic acids is 1. The molecule has 2 N–H and O–H groups in total. The maximum absolute atomic E-state index is 12.6. The van der Waals surface area contributed by atoms with Gasteiger partial charge in [0.15, 0.2) is 0 Å². The van der Waals surface area contributed by atoms with E-state index in [-0.39, 0.29) is 5.91 Å². The van der Waals surface area contributed by atoms with Crippen molar-refractivity contribution in [2.24, 2.45) is 0 Å². The number of piperazine rings is 1. The molecule has 0 atom stereocenters. The zero-order chi connectivity index (χ0) is 13.4. The summed E-state index contributed by atoms with van der Waals surface area (Å²) in [4.78, 5) is 17.8. The minimum Gasteiger partial charge on any atom is -0.350 e. The number of amides is 1. The number of hydrogen-bond donors (Lipinski definition) is 2. The molecule has 0 saturated carbocycles. The Morgan fingerprint density at radius 3 is 2.63 bits per heavy atom. The van der Waals surface area contributed by atoms with Crippen LogP contribution in [0, 0.1) is 13.8 Å². The van der Waals surface area contributed by atoms with Gasteiger partial charge in [0, 0.05) is 37.1 Å². The van der Waals surface area contributed by atoms with E-state index in [2.05, 4.69) is 29.4 Å². The second kappa shape index (κ2) is 4.70. The maximum atomic E-state index is 12.6. The molecule has 1 aromatic carbocycles. The third-order valence-electron chi connectivity index (χ3n) is 3.92. The summed E-state index contributed by atoms with van der Waals surface area (Å²) in [6.07, 6.45) is 0. The van der Waals surface area contributed by atoms with Gasteiger partial charge in [-0.1, -0.05) is 18.2 Å². The molecule has 0 unspecified atom stereocenters. The van der Waals surface area contributed by atoms with E-state index >= 15 is 0 Å². The van der Waals surface area contributed by atoms with E-state index < -0.39 is 0 Å². The molecule has 2 aromatic rings. The van der Waals surface area contributed by atoms with Gasteiger partial charge in [-0.2, -0.15) is 0 Å². The average molecular weight is 257 g/mol. The van der Waals surface area contributed by atoms with E-state index in [4.69, 9.17) is 0 Å². The monoisotopic (exact) mass is 257 g/mol. The number of aromatic nitrogens is 1. The van der Waals surface area contributed by atoms with Crippen LogP contribution in [0.3, 0.4) is 0 Å². The molecule has 4 nitrogen and oxygen atoms in total. The fourth-order valence-corrected chi connectivity index (χ4v) is 2.74. The predicted octanol–water partition coefficient (Wildman–Crippen LogP) is 1.83. The number of aryl methyl sites for hydroxylation is 2. The second-order valence-corrected chi connectivity index (χ2v) is 5.16. The third-order valence-corrected chi connectivity index (χ3v) is 3.92. The highest BCUT2D eigenvalue weighted by Gasteiger charge is 2.22. The average Bonchev–Trinajstić information content (AvgIpc) is 2.78. The van der Waals surface area contributed by atoms with Crippen molar-refractivity contribution in [2.75, 3.05) is 26.2 Å². The Labute approximate surface area is 112 Å². The molecular formula is C15H19N3O. The van der Waals surface area contributed by atoms with Crippen LogP contribution in [0.2, 0.25) is 0 Å². The molecule has 1 fully saturated rings. The number of aromatic amines is 1. The first kappa shape index (κ1) is 12.2. The van der Waals surface area contributed by atoms with Crippen molar-refractivity contribution in [3.63, 3.8) is 0 Å². The van der Waals surface area contributed by atoms with Crippen molar-refractivity contribution < 1.29 is 4.79 Å². The third kappa shape index (κ3) is 2.02. The highest BCUT2D eigenvalue weighted by molar-refractivity contribution is 6.01. The number of carbonyl (C=O) groups is 1. The molecule has 1 aliphatic rings. The zero-order valence-corrected chi connectivity index (χ0v) is 11.4. The topological polar surface area (TPSA) is 48.1 Å². The van der Waals surface area contributed by atoms with E-state index in [0.29, 0.717) is 0 Å². The van der Waals surface area contributed by atoms with Gasteiger partial charge in [0.2, 0.25) is 0 Å². The van der Waals surface area contributed by atoms with Crippen molar-refractivity contribution in [3.05, 3.63) is 35.0 Å². The minimum absolute atomic E-state index is 0.120. The molecule has 4 heteroatoms. The molecule has 0 bridgehead atoms. The molecular weight excluding hydrogens is 238 g/mol. The van der Waals surface area contributed by atoms with Gasteiger partial charge >= 0.3 is 0 Å². The lowest BCUT2D eigenvalue weighted by atomic mass is 10.1. The van der Waals surface area contributed by atoms with Crippen LogP contribution in [-0.4, -0.2) is 42.0 Å². The van der Waals surface area contributed by atoms with Gasteiger partial charge in [0.25, 0.3) is 5.91 Å². The number of para-hydroxylation sites is 1. The van der Waals surface area contributed by atoms with Crippen molar-refractivity contribution in [1.82, 2.24) is 15.2 Å². The normalized spacial score (nSPS) is 16.0. The van der Waals surface area contributed by atoms with E-state index in [1.54, 1.807) is 0 Å². The Balaban J connectivity index is 2.02. The van der Waals surface area contributed by atoms with Gasteiger partial charge in [-0.25, -0.2) is 0 Å². The van der Waals surface area contributed by atoms with Crippen LogP contribution in [-0.2, 0) is 0 Å². The summed E-state index contributed by atoms with van der Waals surface area (Å²) in [5.74, 6) is 0.120. The molecule has 100 valence electrons. The maximum Gasteiger partial charge on any atom is 0.270 e. The highest BCUT2D eigenvalue weighted by atomic mass is 16.2. The molecule has 1 saturated heterocycles. The summed E-state index contributed by atoms with van der Waals surface area (Å²) in [6, 6.07) is 6.18. The summed E-state index contributed by atoms with van der Waals surface area (Å²) in [6.45, 7) is 7.42. The summed E-state index contributed by atoms with van der Waals surface area (Å²) >= 11 is 0. The molecule has 0 aliphatic carbocycles. The molecule has 1 aliphatic heterocycles. The van der Waals surface area contributed by atoms with Crippen molar-refractivity contribution >= 4 is 16.8 Å². The summed E-state index contributed by atoms with van der Waals surface area (Å²) in [5, 5.41) is 4.42. The van der Waals surface area contributed by atoms with E-state index in [0.717, 1.165) is 48.3 Å². The van der Waals surface area contributed by atoms with Crippen LogP contribution < -0.4 is 5.32 Å². The minimum atomic E-state index is 0.120. The quantitative estimate of drug-likeness (QED) is 0.819. The fraction of sp³-hybridized carbons (Fsp3) is 0.400. The SMILES string of the molecule is Cc1c(C(=O)N2CCNCC2)[nH]c2c(C)cccc12. The first-order valence-corrected chi connectivity index (χ1v) is 6.76. The Morgan fingerprint density at radius 1 is 1.21 bits per heavy atom. The lowest BCUT2D eigenvalue weighted by Gasteiger charge is -2.27. The standard InChI is InChI=1S/C15H19N3O/c1-10-4-3-5-12-11(2)14(17-13(10)12)15(19)18-8-6-16-7-9-18/h3-5,16-17H,6-9H2,1-2H3. The van der Waals surface area contributed by atoms with Crippen LogP contribution in [0.25, 0.3) is 10.9 Å². The van der Waals surface area contributed by atoms with Gasteiger partial charge in [-0.05, 0) is 25.0 Å². The summed E-state index contributed by atoms with van der Waals surface area (Å²) in [5.41, 5.74) is 4.06. The first-order valence-electron chi connectivity index (χ1n) is 6.76. The van der Waals surface area contributed by atoms with Crippen LogP contribution >= 0.6 is 0 Å². The molecule has 1 amide bonds.